The van der Waals surface area contributed by atoms with E-state index in [1.54, 1.807) is 6.07 Å². The number of amides is 1. The Bertz CT molecular complexity index is 1020. The van der Waals surface area contributed by atoms with Crippen LogP contribution in [0.4, 0.5) is 11.4 Å². The Balaban J connectivity index is 1.51. The van der Waals surface area contributed by atoms with Crippen molar-refractivity contribution >= 4 is 28.9 Å². The molecule has 3 aromatic rings. The molecule has 0 unspecified atom stereocenters. The quantitative estimate of drug-likeness (QED) is 0.519. The third-order valence-electron chi connectivity index (χ3n) is 5.32. The molecule has 5 heteroatoms. The molecule has 1 amide bonds. The van der Waals surface area contributed by atoms with E-state index in [9.17, 15) is 4.79 Å². The second-order valence-electron chi connectivity index (χ2n) is 7.40. The van der Waals surface area contributed by atoms with Gasteiger partial charge in [0.2, 0.25) is 0 Å². The number of rotatable bonds is 6. The van der Waals surface area contributed by atoms with Crippen LogP contribution < -0.4 is 15.0 Å². The summed E-state index contributed by atoms with van der Waals surface area (Å²) in [6.07, 6.45) is 3.63. The molecule has 0 spiro atoms. The SMILES string of the molecule is O=C(Nc1ccccc1N1CCCCC1)c1ccccc1OCc1ccccc1Cl. The average Bonchev–Trinajstić information content (AvgIpc) is 2.80. The largest absolute Gasteiger partial charge is 0.488 e. The number of carbonyl (C=O) groups is 1. The monoisotopic (exact) mass is 420 g/mol. The zero-order valence-corrected chi connectivity index (χ0v) is 17.6. The van der Waals surface area contributed by atoms with Crippen LogP contribution in [0, 0.1) is 0 Å². The third kappa shape index (κ3) is 4.77. The summed E-state index contributed by atoms with van der Waals surface area (Å²) < 4.78 is 5.95. The molecule has 0 saturated carbocycles. The lowest BCUT2D eigenvalue weighted by Gasteiger charge is -2.30. The van der Waals surface area contributed by atoms with Crippen LogP contribution in [0.3, 0.4) is 0 Å². The van der Waals surface area contributed by atoms with Gasteiger partial charge in [0, 0.05) is 23.7 Å². The minimum Gasteiger partial charge on any atom is -0.488 e. The molecule has 1 saturated heterocycles. The number of ether oxygens (including phenoxy) is 1. The standard InChI is InChI=1S/C25H25ClN2O2/c26-21-12-4-2-10-19(21)18-30-24-15-7-3-11-20(24)25(29)27-22-13-5-6-14-23(22)28-16-8-1-9-17-28/h2-7,10-15H,1,8-9,16-18H2,(H,27,29). The van der Waals surface area contributed by atoms with Crippen molar-refractivity contribution in [3.63, 3.8) is 0 Å². The molecule has 1 heterocycles. The summed E-state index contributed by atoms with van der Waals surface area (Å²) in [7, 11) is 0. The first-order valence-electron chi connectivity index (χ1n) is 10.3. The van der Waals surface area contributed by atoms with Crippen molar-refractivity contribution in [3.05, 3.63) is 88.9 Å². The van der Waals surface area contributed by atoms with Gasteiger partial charge in [0.05, 0.1) is 16.9 Å². The minimum absolute atomic E-state index is 0.186. The van der Waals surface area contributed by atoms with Crippen LogP contribution in [0.5, 0.6) is 5.75 Å². The topological polar surface area (TPSA) is 41.6 Å². The summed E-state index contributed by atoms with van der Waals surface area (Å²) in [6.45, 7) is 2.34. The third-order valence-corrected chi connectivity index (χ3v) is 5.69. The van der Waals surface area contributed by atoms with E-state index in [2.05, 4.69) is 16.3 Å². The predicted molar refractivity (Wildman–Crippen MR) is 123 cm³/mol. The van der Waals surface area contributed by atoms with Crippen LogP contribution >= 0.6 is 11.6 Å². The highest BCUT2D eigenvalue weighted by molar-refractivity contribution is 6.31. The number of benzene rings is 3. The maximum Gasteiger partial charge on any atom is 0.259 e. The van der Waals surface area contributed by atoms with E-state index >= 15 is 0 Å². The Morgan fingerprint density at radius 1 is 0.900 bits per heavy atom. The van der Waals surface area contributed by atoms with E-state index in [-0.39, 0.29) is 5.91 Å². The summed E-state index contributed by atoms with van der Waals surface area (Å²) in [5.41, 5.74) is 3.27. The van der Waals surface area contributed by atoms with Crippen LogP contribution in [-0.4, -0.2) is 19.0 Å². The van der Waals surface area contributed by atoms with Gasteiger partial charge >= 0.3 is 0 Å². The summed E-state index contributed by atoms with van der Waals surface area (Å²) in [5, 5.41) is 3.74. The van der Waals surface area contributed by atoms with Gasteiger partial charge in [-0.2, -0.15) is 0 Å². The number of anilines is 2. The molecule has 4 rings (SSSR count). The van der Waals surface area contributed by atoms with Crippen molar-refractivity contribution in [1.29, 1.82) is 0 Å². The van der Waals surface area contributed by atoms with Gasteiger partial charge in [-0.25, -0.2) is 0 Å². The fourth-order valence-corrected chi connectivity index (χ4v) is 3.92. The molecule has 1 fully saturated rings. The molecule has 0 radical (unpaired) electrons. The van der Waals surface area contributed by atoms with E-state index in [0.29, 0.717) is 22.9 Å². The van der Waals surface area contributed by atoms with Gasteiger partial charge in [-0.3, -0.25) is 4.79 Å². The van der Waals surface area contributed by atoms with E-state index in [0.717, 1.165) is 30.0 Å². The van der Waals surface area contributed by atoms with Gasteiger partial charge in [-0.15, -0.1) is 0 Å². The number of halogens is 1. The molecule has 0 atom stereocenters. The second kappa shape index (κ2) is 9.68. The Kier molecular flexibility index (Phi) is 6.55. The van der Waals surface area contributed by atoms with Crippen LogP contribution in [0.15, 0.2) is 72.8 Å². The molecule has 3 aromatic carbocycles. The van der Waals surface area contributed by atoms with Gasteiger partial charge in [-0.1, -0.05) is 54.1 Å². The number of nitrogens with zero attached hydrogens (tertiary/aromatic N) is 1. The van der Waals surface area contributed by atoms with Gasteiger partial charge in [0.25, 0.3) is 5.91 Å². The Morgan fingerprint density at radius 3 is 2.43 bits per heavy atom. The zero-order chi connectivity index (χ0) is 20.8. The van der Waals surface area contributed by atoms with Crippen LogP contribution in [0.1, 0.15) is 35.2 Å². The summed E-state index contributed by atoms with van der Waals surface area (Å²) in [5.74, 6) is 0.347. The first-order valence-corrected chi connectivity index (χ1v) is 10.7. The molecular formula is C25H25ClN2O2. The minimum atomic E-state index is -0.186. The van der Waals surface area contributed by atoms with Gasteiger partial charge in [-0.05, 0) is 49.6 Å². The molecule has 0 aliphatic carbocycles. The van der Waals surface area contributed by atoms with Crippen LogP contribution in [-0.2, 0) is 6.61 Å². The maximum atomic E-state index is 13.1. The van der Waals surface area contributed by atoms with E-state index in [1.165, 1.54) is 19.3 Å². The van der Waals surface area contributed by atoms with Gasteiger partial charge < -0.3 is 15.0 Å². The molecule has 30 heavy (non-hydrogen) atoms. The molecule has 154 valence electrons. The maximum absolute atomic E-state index is 13.1. The normalized spacial score (nSPS) is 13.7. The van der Waals surface area contributed by atoms with Crippen molar-refractivity contribution in [2.75, 3.05) is 23.3 Å². The first-order chi connectivity index (χ1) is 14.7. The second-order valence-corrected chi connectivity index (χ2v) is 7.80. The predicted octanol–water partition coefficient (Wildman–Crippen LogP) is 6.16. The number of carbonyl (C=O) groups excluding carboxylic acids is 1. The van der Waals surface area contributed by atoms with Crippen molar-refractivity contribution in [2.24, 2.45) is 0 Å². The van der Waals surface area contributed by atoms with E-state index in [4.69, 9.17) is 16.3 Å². The summed E-state index contributed by atoms with van der Waals surface area (Å²) >= 11 is 6.23. The number of piperidine rings is 1. The van der Waals surface area contributed by atoms with E-state index < -0.39 is 0 Å². The molecule has 0 bridgehead atoms. The lowest BCUT2D eigenvalue weighted by atomic mass is 10.1. The first kappa shape index (κ1) is 20.3. The summed E-state index contributed by atoms with van der Waals surface area (Å²) in [6, 6.07) is 22.8. The highest BCUT2D eigenvalue weighted by atomic mass is 35.5. The fourth-order valence-electron chi connectivity index (χ4n) is 3.73. The van der Waals surface area contributed by atoms with Crippen molar-refractivity contribution < 1.29 is 9.53 Å². The lowest BCUT2D eigenvalue weighted by molar-refractivity contribution is 0.102. The highest BCUT2D eigenvalue weighted by Crippen LogP contribution is 2.30. The molecule has 1 N–H and O–H groups in total. The Morgan fingerprint density at radius 2 is 1.60 bits per heavy atom. The Labute approximate surface area is 182 Å². The van der Waals surface area contributed by atoms with Crippen LogP contribution in [0.25, 0.3) is 0 Å². The fraction of sp³-hybridized carbons (Fsp3) is 0.240. The zero-order valence-electron chi connectivity index (χ0n) is 16.8. The lowest BCUT2D eigenvalue weighted by Crippen LogP contribution is -2.30. The molecule has 1 aliphatic rings. The average molecular weight is 421 g/mol. The van der Waals surface area contributed by atoms with Crippen LogP contribution in [0.2, 0.25) is 5.02 Å². The van der Waals surface area contributed by atoms with Gasteiger partial charge in [0.1, 0.15) is 12.4 Å². The highest BCUT2D eigenvalue weighted by Gasteiger charge is 2.18. The Hall–Kier alpha value is -2.98. The van der Waals surface area contributed by atoms with E-state index in [1.807, 2.05) is 60.7 Å². The van der Waals surface area contributed by atoms with Gasteiger partial charge in [0.15, 0.2) is 0 Å². The smallest absolute Gasteiger partial charge is 0.259 e. The van der Waals surface area contributed by atoms with Crippen molar-refractivity contribution in [3.8, 4) is 5.75 Å². The summed E-state index contributed by atoms with van der Waals surface area (Å²) in [4.78, 5) is 15.5. The molecule has 0 aromatic heterocycles. The van der Waals surface area contributed by atoms with Crippen molar-refractivity contribution in [1.82, 2.24) is 0 Å². The van der Waals surface area contributed by atoms with Crippen molar-refractivity contribution in [2.45, 2.75) is 25.9 Å². The number of para-hydroxylation sites is 3. The molecule has 1 aliphatic heterocycles. The molecule has 4 nitrogen and oxygen atoms in total. The number of hydrogen-bond acceptors (Lipinski definition) is 3. The molecular weight excluding hydrogens is 396 g/mol. The number of nitrogens with one attached hydrogen (secondary N) is 1. The number of hydrogen-bond donors (Lipinski definition) is 1.